The molecule has 0 aromatic carbocycles. The van der Waals surface area contributed by atoms with Crippen molar-refractivity contribution in [3.05, 3.63) is 7.05 Å². The van der Waals surface area contributed by atoms with E-state index < -0.39 is 0 Å². The van der Waals surface area contributed by atoms with E-state index in [1.807, 2.05) is 0 Å². The molecule has 0 aromatic heterocycles. The van der Waals surface area contributed by atoms with Crippen molar-refractivity contribution in [3.63, 3.8) is 0 Å². The first-order valence-corrected chi connectivity index (χ1v) is 2.96. The van der Waals surface area contributed by atoms with Gasteiger partial charge in [0, 0.05) is 0 Å². The number of hydrogen-bond acceptors (Lipinski definition) is 1. The second kappa shape index (κ2) is 4.78. The van der Waals surface area contributed by atoms with E-state index in [0.29, 0.717) is 6.42 Å². The summed E-state index contributed by atoms with van der Waals surface area (Å²) in [5, 5.41) is 1.38. The first-order chi connectivity index (χ1) is 3.81. The molecule has 48 valence electrons. The number of unbranched alkanes of at least 4 members (excludes halogenated alkanes) is 1. The second-order valence-electron chi connectivity index (χ2n) is 1.77. The molecule has 0 saturated carbocycles. The van der Waals surface area contributed by atoms with Gasteiger partial charge in [0.2, 0.25) is 0 Å². The van der Waals surface area contributed by atoms with Crippen molar-refractivity contribution >= 4 is 5.91 Å². The van der Waals surface area contributed by atoms with Crippen LogP contribution in [-0.4, -0.2) is 5.91 Å². The van der Waals surface area contributed by atoms with Crippen molar-refractivity contribution in [2.75, 3.05) is 0 Å². The monoisotopic (exact) mass is 115 g/mol. The molecule has 0 aliphatic heterocycles. The molecule has 0 bridgehead atoms. The predicted molar refractivity (Wildman–Crippen MR) is 31.8 cm³/mol. The Balaban J connectivity index is 2.99. The largest absolute Gasteiger partial charge is 0.415 e. The van der Waals surface area contributed by atoms with E-state index in [-0.39, 0.29) is 5.91 Å². The predicted octanol–water partition coefficient (Wildman–Crippen LogP) is 0.0582. The van der Waals surface area contributed by atoms with Gasteiger partial charge in [0.1, 0.15) is 0 Å². The van der Waals surface area contributed by atoms with Crippen molar-refractivity contribution in [2.24, 2.45) is 0 Å². The first-order valence-electron chi connectivity index (χ1n) is 2.96. The third kappa shape index (κ3) is 3.81. The van der Waals surface area contributed by atoms with Crippen LogP contribution in [-0.2, 0) is 4.79 Å². The summed E-state index contributed by atoms with van der Waals surface area (Å²) in [7, 11) is 3.36. The minimum Gasteiger partial charge on any atom is -0.415 e. The molecular formula is C6H13NO. The van der Waals surface area contributed by atoms with Gasteiger partial charge in [0.15, 0.2) is 0 Å². The van der Waals surface area contributed by atoms with Gasteiger partial charge in [0.05, 0.1) is 6.42 Å². The maximum absolute atomic E-state index is 10.5. The lowest BCUT2D eigenvalue weighted by atomic mass is 10.2. The molecule has 0 radical (unpaired) electrons. The molecular weight excluding hydrogens is 102 g/mol. The fraction of sp³-hybridized carbons (Fsp3) is 0.667. The summed E-state index contributed by atoms with van der Waals surface area (Å²) in [4.78, 5) is 10.5. The Kier molecular flexibility index (Phi) is 4.56. The number of nitrogens with two attached hydrogens (primary N) is 1. The number of rotatable bonds is 3. The lowest BCUT2D eigenvalue weighted by Gasteiger charge is -1.93. The van der Waals surface area contributed by atoms with E-state index >= 15 is 0 Å². The Hall–Kier alpha value is -0.370. The van der Waals surface area contributed by atoms with Gasteiger partial charge in [-0.2, -0.15) is 0 Å². The fourth-order valence-electron chi connectivity index (χ4n) is 0.453. The highest BCUT2D eigenvalue weighted by Crippen LogP contribution is 1.89. The van der Waals surface area contributed by atoms with Gasteiger partial charge in [-0.25, -0.2) is 4.79 Å². The quantitative estimate of drug-likeness (QED) is 0.518. The van der Waals surface area contributed by atoms with Gasteiger partial charge in [-0.15, -0.1) is 7.05 Å². The molecule has 8 heavy (non-hydrogen) atoms. The van der Waals surface area contributed by atoms with Crippen LogP contribution in [0.2, 0.25) is 0 Å². The number of amides is 1. The summed E-state index contributed by atoms with van der Waals surface area (Å²) in [6.45, 7) is 2.07. The highest BCUT2D eigenvalue weighted by atomic mass is 16.1. The molecule has 0 aliphatic carbocycles. The SMILES string of the molecule is [CH2-][NH2+]C(=O)CCCC. The van der Waals surface area contributed by atoms with Crippen molar-refractivity contribution < 1.29 is 10.1 Å². The first kappa shape index (κ1) is 7.63. The topological polar surface area (TPSA) is 33.7 Å². The van der Waals surface area contributed by atoms with Crippen LogP contribution in [0.3, 0.4) is 0 Å². The van der Waals surface area contributed by atoms with Crippen LogP contribution in [0.1, 0.15) is 26.2 Å². The van der Waals surface area contributed by atoms with Gasteiger partial charge in [-0.05, 0) is 6.42 Å². The Labute approximate surface area is 50.3 Å². The van der Waals surface area contributed by atoms with E-state index in [0.717, 1.165) is 12.8 Å². The zero-order valence-corrected chi connectivity index (χ0v) is 5.31. The molecule has 0 saturated heterocycles. The summed E-state index contributed by atoms with van der Waals surface area (Å²) < 4.78 is 0. The van der Waals surface area contributed by atoms with E-state index in [9.17, 15) is 4.79 Å². The van der Waals surface area contributed by atoms with Crippen LogP contribution in [0.4, 0.5) is 0 Å². The summed E-state index contributed by atoms with van der Waals surface area (Å²) in [5.74, 6) is 0.159. The Morgan fingerprint density at radius 3 is 2.75 bits per heavy atom. The van der Waals surface area contributed by atoms with Crippen molar-refractivity contribution in [1.29, 1.82) is 0 Å². The highest BCUT2D eigenvalue weighted by molar-refractivity contribution is 5.65. The van der Waals surface area contributed by atoms with Gasteiger partial charge < -0.3 is 5.32 Å². The number of hydrogen-bond donors (Lipinski definition) is 1. The summed E-state index contributed by atoms with van der Waals surface area (Å²) >= 11 is 0. The van der Waals surface area contributed by atoms with E-state index in [4.69, 9.17) is 0 Å². The number of quaternary nitrogens is 1. The van der Waals surface area contributed by atoms with E-state index in [2.05, 4.69) is 14.0 Å². The Morgan fingerprint density at radius 1 is 1.75 bits per heavy atom. The lowest BCUT2D eigenvalue weighted by Crippen LogP contribution is -2.81. The summed E-state index contributed by atoms with van der Waals surface area (Å²) in [6.07, 6.45) is 2.74. The summed E-state index contributed by atoms with van der Waals surface area (Å²) in [5.41, 5.74) is 0. The van der Waals surface area contributed by atoms with Crippen LogP contribution < -0.4 is 5.32 Å². The van der Waals surface area contributed by atoms with Crippen molar-refractivity contribution in [2.45, 2.75) is 26.2 Å². The number of carbonyl (C=O) groups is 1. The highest BCUT2D eigenvalue weighted by Gasteiger charge is 1.94. The molecule has 1 amide bonds. The number of carbonyl (C=O) groups excluding carboxylic acids is 1. The molecule has 0 heterocycles. The van der Waals surface area contributed by atoms with Gasteiger partial charge in [-0.3, -0.25) is 0 Å². The summed E-state index contributed by atoms with van der Waals surface area (Å²) in [6, 6.07) is 0. The molecule has 0 aromatic rings. The Morgan fingerprint density at radius 2 is 2.38 bits per heavy atom. The van der Waals surface area contributed by atoms with Crippen LogP contribution in [0.15, 0.2) is 0 Å². The molecule has 0 unspecified atom stereocenters. The van der Waals surface area contributed by atoms with Gasteiger partial charge in [0.25, 0.3) is 5.91 Å². The maximum Gasteiger partial charge on any atom is 0.284 e. The van der Waals surface area contributed by atoms with Crippen LogP contribution in [0.25, 0.3) is 0 Å². The molecule has 2 heteroatoms. The standard InChI is InChI=1S/C6H13NO/c1-3-4-5-6(8)7-2/h2-5,7H2,1H3. The Bertz CT molecular complexity index is 70.9. The molecule has 0 rings (SSSR count). The molecule has 0 atom stereocenters. The minimum absolute atomic E-state index is 0.159. The molecule has 2 nitrogen and oxygen atoms in total. The molecule has 2 N–H and O–H groups in total. The van der Waals surface area contributed by atoms with Crippen LogP contribution >= 0.6 is 0 Å². The van der Waals surface area contributed by atoms with Gasteiger partial charge >= 0.3 is 0 Å². The normalized spacial score (nSPS) is 9.25. The zero-order valence-electron chi connectivity index (χ0n) is 5.31. The van der Waals surface area contributed by atoms with Crippen molar-refractivity contribution in [3.8, 4) is 0 Å². The van der Waals surface area contributed by atoms with Crippen LogP contribution in [0.5, 0.6) is 0 Å². The fourth-order valence-corrected chi connectivity index (χ4v) is 0.453. The zero-order chi connectivity index (χ0) is 6.41. The number of primary amides is 1. The van der Waals surface area contributed by atoms with Crippen molar-refractivity contribution in [1.82, 2.24) is 0 Å². The maximum atomic E-state index is 10.5. The third-order valence-electron chi connectivity index (χ3n) is 1.00. The van der Waals surface area contributed by atoms with E-state index in [1.165, 1.54) is 5.32 Å². The molecule has 0 aliphatic rings. The van der Waals surface area contributed by atoms with E-state index in [1.54, 1.807) is 0 Å². The molecule has 0 spiro atoms. The lowest BCUT2D eigenvalue weighted by molar-refractivity contribution is -0.507. The molecule has 0 fully saturated rings. The second-order valence-corrected chi connectivity index (χ2v) is 1.77. The average Bonchev–Trinajstić information content (AvgIpc) is 1.83. The average molecular weight is 115 g/mol. The third-order valence-corrected chi connectivity index (χ3v) is 1.00. The minimum atomic E-state index is 0.159. The van der Waals surface area contributed by atoms with Crippen LogP contribution in [0, 0.1) is 7.05 Å². The smallest absolute Gasteiger partial charge is 0.284 e. The van der Waals surface area contributed by atoms with Gasteiger partial charge in [-0.1, -0.05) is 13.3 Å².